The van der Waals surface area contributed by atoms with Gasteiger partial charge in [-0.1, -0.05) is 12.1 Å². The molecule has 0 saturated heterocycles. The summed E-state index contributed by atoms with van der Waals surface area (Å²) in [4.78, 5) is 24.0. The van der Waals surface area contributed by atoms with Crippen LogP contribution in [0.2, 0.25) is 0 Å². The number of urea groups is 1. The normalized spacial score (nSPS) is 12.2. The van der Waals surface area contributed by atoms with Crippen LogP contribution in [0.25, 0.3) is 0 Å². The van der Waals surface area contributed by atoms with E-state index in [2.05, 4.69) is 16.0 Å². The average molecular weight is 381 g/mol. The summed E-state index contributed by atoms with van der Waals surface area (Å²) in [6.07, 6.45) is -4.51. The number of alkyl halides is 3. The van der Waals surface area contributed by atoms with Gasteiger partial charge < -0.3 is 21.1 Å². The quantitative estimate of drug-likeness (QED) is 0.639. The molecule has 3 amide bonds. The predicted molar refractivity (Wildman–Crippen MR) is 94.5 cm³/mol. The van der Waals surface area contributed by atoms with Crippen LogP contribution < -0.4 is 16.0 Å². The summed E-state index contributed by atoms with van der Waals surface area (Å²) in [5.74, 6) is -0.623. The van der Waals surface area contributed by atoms with Gasteiger partial charge in [0.2, 0.25) is 0 Å². The minimum Gasteiger partial charge on any atom is -0.394 e. The molecule has 4 N–H and O–H groups in total. The molecule has 0 heterocycles. The molecular weight excluding hydrogens is 363 g/mol. The molecule has 0 aromatic heterocycles. The number of carbonyl (C=O) groups excluding carboxylic acids is 2. The van der Waals surface area contributed by atoms with E-state index in [0.29, 0.717) is 5.69 Å². The fourth-order valence-electron chi connectivity index (χ4n) is 2.15. The van der Waals surface area contributed by atoms with E-state index in [-0.39, 0.29) is 17.9 Å². The first-order valence-electron chi connectivity index (χ1n) is 7.96. The standard InChI is InChI=1S/C18H18F3N3O3/c1-11(10-25)22-17(27)24-14-6-2-4-12(8-14)16(26)23-15-7-3-5-13(9-15)18(19,20)21/h2-9,11,25H,10H2,1H3,(H,23,26)(H2,22,24,27)/t11-/m1/s1. The molecule has 0 saturated carbocycles. The van der Waals surface area contributed by atoms with Gasteiger partial charge in [-0.25, -0.2) is 4.79 Å². The Kier molecular flexibility index (Phi) is 6.40. The van der Waals surface area contributed by atoms with Gasteiger partial charge in [-0.3, -0.25) is 4.79 Å². The number of benzene rings is 2. The molecule has 2 aromatic rings. The Morgan fingerprint density at radius 2 is 1.67 bits per heavy atom. The van der Waals surface area contributed by atoms with Crippen LogP contribution in [0.3, 0.4) is 0 Å². The molecule has 0 bridgehead atoms. The smallest absolute Gasteiger partial charge is 0.394 e. The molecule has 0 aliphatic rings. The topological polar surface area (TPSA) is 90.5 Å². The van der Waals surface area contributed by atoms with Crippen molar-refractivity contribution in [2.24, 2.45) is 0 Å². The maximum Gasteiger partial charge on any atom is 0.416 e. The van der Waals surface area contributed by atoms with Gasteiger partial charge in [0.25, 0.3) is 5.91 Å². The maximum atomic E-state index is 12.7. The molecule has 2 aromatic carbocycles. The molecule has 0 aliphatic carbocycles. The highest BCUT2D eigenvalue weighted by Gasteiger charge is 2.30. The molecule has 0 unspecified atom stereocenters. The van der Waals surface area contributed by atoms with E-state index in [4.69, 9.17) is 5.11 Å². The second-order valence-corrected chi connectivity index (χ2v) is 5.80. The van der Waals surface area contributed by atoms with E-state index in [9.17, 15) is 22.8 Å². The molecule has 0 radical (unpaired) electrons. The summed E-state index contributed by atoms with van der Waals surface area (Å²) in [5, 5.41) is 16.3. The highest BCUT2D eigenvalue weighted by atomic mass is 19.4. The summed E-state index contributed by atoms with van der Waals surface area (Å²) in [5.41, 5.74) is -0.400. The van der Waals surface area contributed by atoms with E-state index in [1.165, 1.54) is 30.3 Å². The Labute approximate surface area is 153 Å². The minimum absolute atomic E-state index is 0.00250. The molecule has 6 nitrogen and oxygen atoms in total. The van der Waals surface area contributed by atoms with Crippen LogP contribution in [0.5, 0.6) is 0 Å². The van der Waals surface area contributed by atoms with Crippen molar-refractivity contribution in [1.82, 2.24) is 5.32 Å². The van der Waals surface area contributed by atoms with E-state index in [1.54, 1.807) is 13.0 Å². The number of amides is 3. The number of nitrogens with one attached hydrogen (secondary N) is 3. The fourth-order valence-corrected chi connectivity index (χ4v) is 2.15. The van der Waals surface area contributed by atoms with Crippen molar-refractivity contribution in [1.29, 1.82) is 0 Å². The monoisotopic (exact) mass is 381 g/mol. The minimum atomic E-state index is -4.51. The molecule has 0 spiro atoms. The molecule has 1 atom stereocenters. The Morgan fingerprint density at radius 3 is 2.30 bits per heavy atom. The molecule has 144 valence electrons. The number of halogens is 3. The Morgan fingerprint density at radius 1 is 1.04 bits per heavy atom. The number of aliphatic hydroxyl groups is 1. The van der Waals surface area contributed by atoms with Crippen LogP contribution in [0.1, 0.15) is 22.8 Å². The highest BCUT2D eigenvalue weighted by molar-refractivity contribution is 6.05. The lowest BCUT2D eigenvalue weighted by Gasteiger charge is -2.13. The van der Waals surface area contributed by atoms with Crippen LogP contribution in [0, 0.1) is 0 Å². The van der Waals surface area contributed by atoms with Gasteiger partial charge in [0.05, 0.1) is 18.2 Å². The highest BCUT2D eigenvalue weighted by Crippen LogP contribution is 2.30. The first-order valence-corrected chi connectivity index (χ1v) is 7.96. The lowest BCUT2D eigenvalue weighted by molar-refractivity contribution is -0.137. The average Bonchev–Trinajstić information content (AvgIpc) is 2.61. The van der Waals surface area contributed by atoms with Crippen LogP contribution in [0.4, 0.5) is 29.3 Å². The number of aliphatic hydroxyl groups excluding tert-OH is 1. The van der Waals surface area contributed by atoms with Crippen molar-refractivity contribution < 1.29 is 27.9 Å². The third-order valence-electron chi connectivity index (χ3n) is 3.48. The molecule has 27 heavy (non-hydrogen) atoms. The van der Waals surface area contributed by atoms with Gasteiger partial charge in [-0.15, -0.1) is 0 Å². The number of hydrogen-bond donors (Lipinski definition) is 4. The summed E-state index contributed by atoms with van der Waals surface area (Å²) < 4.78 is 38.2. The van der Waals surface area contributed by atoms with Crippen LogP contribution >= 0.6 is 0 Å². The van der Waals surface area contributed by atoms with Crippen molar-refractivity contribution in [3.63, 3.8) is 0 Å². The Hall–Kier alpha value is -3.07. The number of rotatable bonds is 5. The van der Waals surface area contributed by atoms with E-state index in [0.717, 1.165) is 12.1 Å². The zero-order valence-electron chi connectivity index (χ0n) is 14.3. The summed E-state index contributed by atoms with van der Waals surface area (Å²) in [6, 6.07) is 9.19. The van der Waals surface area contributed by atoms with Gasteiger partial charge >= 0.3 is 12.2 Å². The second-order valence-electron chi connectivity index (χ2n) is 5.80. The first-order chi connectivity index (χ1) is 12.7. The van der Waals surface area contributed by atoms with Crippen LogP contribution in [-0.2, 0) is 6.18 Å². The van der Waals surface area contributed by atoms with Crippen molar-refractivity contribution in [2.45, 2.75) is 19.1 Å². The zero-order chi connectivity index (χ0) is 20.0. The van der Waals surface area contributed by atoms with Crippen molar-refractivity contribution >= 4 is 23.3 Å². The van der Waals surface area contributed by atoms with Gasteiger partial charge in [0.15, 0.2) is 0 Å². The van der Waals surface area contributed by atoms with E-state index in [1.807, 2.05) is 0 Å². The molecule has 0 aliphatic heterocycles. The Balaban J connectivity index is 2.08. The zero-order valence-corrected chi connectivity index (χ0v) is 14.3. The fraction of sp³-hybridized carbons (Fsp3) is 0.222. The van der Waals surface area contributed by atoms with Crippen LogP contribution in [0.15, 0.2) is 48.5 Å². The molecule has 0 fully saturated rings. The van der Waals surface area contributed by atoms with Gasteiger partial charge in [-0.05, 0) is 43.3 Å². The van der Waals surface area contributed by atoms with Crippen molar-refractivity contribution in [2.75, 3.05) is 17.2 Å². The van der Waals surface area contributed by atoms with E-state index < -0.39 is 29.7 Å². The molecule has 2 rings (SSSR count). The lowest BCUT2D eigenvalue weighted by Crippen LogP contribution is -2.38. The summed E-state index contributed by atoms with van der Waals surface area (Å²) >= 11 is 0. The first kappa shape index (κ1) is 20.2. The van der Waals surface area contributed by atoms with Gasteiger partial charge in [-0.2, -0.15) is 13.2 Å². The SMILES string of the molecule is C[C@H](CO)NC(=O)Nc1cccc(C(=O)Nc2cccc(C(F)(F)F)c2)c1. The number of carbonyl (C=O) groups is 2. The van der Waals surface area contributed by atoms with Crippen molar-refractivity contribution in [3.05, 3.63) is 59.7 Å². The summed E-state index contributed by atoms with van der Waals surface area (Å²) in [6.45, 7) is 1.38. The molecular formula is C18H18F3N3O3. The van der Waals surface area contributed by atoms with Crippen molar-refractivity contribution in [3.8, 4) is 0 Å². The largest absolute Gasteiger partial charge is 0.416 e. The second kappa shape index (κ2) is 8.54. The third kappa shape index (κ3) is 6.00. The van der Waals surface area contributed by atoms with E-state index >= 15 is 0 Å². The number of anilines is 2. The van der Waals surface area contributed by atoms with Crippen LogP contribution in [-0.4, -0.2) is 29.7 Å². The van der Waals surface area contributed by atoms with Gasteiger partial charge in [0.1, 0.15) is 0 Å². The Bertz CT molecular complexity index is 825. The predicted octanol–water partition coefficient (Wildman–Crippen LogP) is 3.46. The number of hydrogen-bond acceptors (Lipinski definition) is 3. The summed E-state index contributed by atoms with van der Waals surface area (Å²) in [7, 11) is 0. The lowest BCUT2D eigenvalue weighted by atomic mass is 10.1. The molecule has 9 heteroatoms. The maximum absolute atomic E-state index is 12.7. The van der Waals surface area contributed by atoms with Gasteiger partial charge in [0, 0.05) is 16.9 Å². The third-order valence-corrected chi connectivity index (χ3v) is 3.48.